The maximum absolute atomic E-state index is 11.0. The van der Waals surface area contributed by atoms with E-state index in [1.807, 2.05) is 0 Å². The third kappa shape index (κ3) is 2.50. The Hall–Kier alpha value is -0.570. The summed E-state index contributed by atoms with van der Waals surface area (Å²) in [6, 6.07) is 0.0347. The first kappa shape index (κ1) is 8.53. The summed E-state index contributed by atoms with van der Waals surface area (Å²) in [4.78, 5) is 11.0. The lowest BCUT2D eigenvalue weighted by atomic mass is 9.86. The topological polar surface area (TPSA) is 55.1 Å². The van der Waals surface area contributed by atoms with E-state index in [2.05, 4.69) is 19.2 Å². The minimum absolute atomic E-state index is 0.0347. The molecule has 1 saturated heterocycles. The molecule has 0 aliphatic carbocycles. The van der Waals surface area contributed by atoms with Gasteiger partial charge in [-0.05, 0) is 11.8 Å². The van der Waals surface area contributed by atoms with Crippen molar-refractivity contribution < 1.29 is 4.79 Å². The third-order valence-corrected chi connectivity index (χ3v) is 2.03. The normalized spacial score (nSPS) is 30.8. The largest absolute Gasteiger partial charge is 0.356 e. The van der Waals surface area contributed by atoms with Crippen LogP contribution in [-0.2, 0) is 4.79 Å². The average molecular weight is 156 g/mol. The van der Waals surface area contributed by atoms with Crippen molar-refractivity contribution >= 4 is 5.91 Å². The minimum atomic E-state index is 0.0347. The lowest BCUT2D eigenvalue weighted by Gasteiger charge is -2.23. The van der Waals surface area contributed by atoms with Crippen molar-refractivity contribution in [2.45, 2.75) is 32.7 Å². The number of carbonyl (C=O) groups excluding carboxylic acids is 1. The van der Waals surface area contributed by atoms with Crippen molar-refractivity contribution in [3.8, 4) is 0 Å². The van der Waals surface area contributed by atoms with Gasteiger partial charge in [0, 0.05) is 19.0 Å². The molecule has 0 aromatic rings. The first-order chi connectivity index (χ1) is 4.99. The first-order valence-electron chi connectivity index (χ1n) is 4.02. The number of hydrogen-bond donors (Lipinski definition) is 2. The van der Waals surface area contributed by atoms with E-state index in [0.717, 1.165) is 13.0 Å². The lowest BCUT2D eigenvalue weighted by molar-refractivity contribution is -0.121. The van der Waals surface area contributed by atoms with Gasteiger partial charge in [0.1, 0.15) is 0 Å². The van der Waals surface area contributed by atoms with Gasteiger partial charge in [-0.15, -0.1) is 0 Å². The van der Waals surface area contributed by atoms with E-state index < -0.39 is 0 Å². The quantitative estimate of drug-likeness (QED) is 0.528. The van der Waals surface area contributed by atoms with Crippen LogP contribution in [0.15, 0.2) is 0 Å². The summed E-state index contributed by atoms with van der Waals surface area (Å²) < 4.78 is 0. The minimum Gasteiger partial charge on any atom is -0.356 e. The standard InChI is InChI=1S/C8H16N2O/c1-8(2)4-6(9)3-7(11)10-5-8/h6H,3-5,9H2,1-2H3,(H,10,11). The molecule has 0 aromatic carbocycles. The molecule has 11 heavy (non-hydrogen) atoms. The van der Waals surface area contributed by atoms with Gasteiger partial charge in [0.25, 0.3) is 0 Å². The third-order valence-electron chi connectivity index (χ3n) is 2.03. The molecule has 1 fully saturated rings. The highest BCUT2D eigenvalue weighted by Crippen LogP contribution is 2.23. The maximum Gasteiger partial charge on any atom is 0.221 e. The van der Waals surface area contributed by atoms with Gasteiger partial charge in [-0.25, -0.2) is 0 Å². The zero-order chi connectivity index (χ0) is 8.48. The molecule has 1 atom stereocenters. The molecule has 3 heteroatoms. The van der Waals surface area contributed by atoms with Crippen LogP contribution >= 0.6 is 0 Å². The van der Waals surface area contributed by atoms with Crippen LogP contribution in [0.1, 0.15) is 26.7 Å². The molecule has 0 spiro atoms. The van der Waals surface area contributed by atoms with Gasteiger partial charge in [0.05, 0.1) is 0 Å². The monoisotopic (exact) mass is 156 g/mol. The molecule has 0 saturated carbocycles. The molecule has 1 aliphatic heterocycles. The Labute approximate surface area is 67.3 Å². The summed E-state index contributed by atoms with van der Waals surface area (Å²) >= 11 is 0. The van der Waals surface area contributed by atoms with E-state index in [9.17, 15) is 4.79 Å². The van der Waals surface area contributed by atoms with Crippen LogP contribution in [0.3, 0.4) is 0 Å². The Bertz CT molecular complexity index is 165. The van der Waals surface area contributed by atoms with Crippen molar-refractivity contribution in [3.63, 3.8) is 0 Å². The zero-order valence-corrected chi connectivity index (χ0v) is 7.18. The molecule has 64 valence electrons. The number of rotatable bonds is 0. The van der Waals surface area contributed by atoms with Crippen LogP contribution in [0.4, 0.5) is 0 Å². The molecule has 0 bridgehead atoms. The molecule has 3 N–H and O–H groups in total. The Balaban J connectivity index is 2.60. The van der Waals surface area contributed by atoms with Crippen molar-refractivity contribution in [2.24, 2.45) is 11.1 Å². The van der Waals surface area contributed by atoms with Gasteiger partial charge < -0.3 is 11.1 Å². The fourth-order valence-corrected chi connectivity index (χ4v) is 1.50. The van der Waals surface area contributed by atoms with E-state index >= 15 is 0 Å². The summed E-state index contributed by atoms with van der Waals surface area (Å²) in [7, 11) is 0. The van der Waals surface area contributed by atoms with Crippen molar-refractivity contribution in [1.82, 2.24) is 5.32 Å². The second-order valence-corrected chi connectivity index (χ2v) is 4.11. The molecule has 1 rings (SSSR count). The van der Waals surface area contributed by atoms with Crippen molar-refractivity contribution in [2.75, 3.05) is 6.54 Å². The predicted molar refractivity (Wildman–Crippen MR) is 44.0 cm³/mol. The van der Waals surface area contributed by atoms with Gasteiger partial charge >= 0.3 is 0 Å². The Morgan fingerprint density at radius 2 is 2.27 bits per heavy atom. The van der Waals surface area contributed by atoms with E-state index in [1.165, 1.54) is 0 Å². The Morgan fingerprint density at radius 1 is 1.64 bits per heavy atom. The zero-order valence-electron chi connectivity index (χ0n) is 7.18. The molecule has 0 aromatic heterocycles. The molecule has 1 heterocycles. The van der Waals surface area contributed by atoms with Crippen LogP contribution in [0.2, 0.25) is 0 Å². The molecular formula is C8H16N2O. The second kappa shape index (κ2) is 2.81. The number of amides is 1. The molecule has 1 aliphatic rings. The Kier molecular flexibility index (Phi) is 2.18. The van der Waals surface area contributed by atoms with Crippen LogP contribution in [0.5, 0.6) is 0 Å². The van der Waals surface area contributed by atoms with Gasteiger partial charge in [-0.3, -0.25) is 4.79 Å². The fourth-order valence-electron chi connectivity index (χ4n) is 1.50. The summed E-state index contributed by atoms with van der Waals surface area (Å²) in [5.74, 6) is 0.0862. The Morgan fingerprint density at radius 3 is 2.91 bits per heavy atom. The number of nitrogens with two attached hydrogens (primary N) is 1. The molecule has 1 unspecified atom stereocenters. The number of hydrogen-bond acceptors (Lipinski definition) is 2. The van der Waals surface area contributed by atoms with E-state index in [1.54, 1.807) is 0 Å². The van der Waals surface area contributed by atoms with Gasteiger partial charge in [0.15, 0.2) is 0 Å². The SMILES string of the molecule is CC1(C)CNC(=O)CC(N)C1. The van der Waals surface area contributed by atoms with Gasteiger partial charge in [-0.1, -0.05) is 13.8 Å². The molecular weight excluding hydrogens is 140 g/mol. The molecule has 0 radical (unpaired) electrons. The molecule has 1 amide bonds. The summed E-state index contributed by atoms with van der Waals surface area (Å²) in [5, 5.41) is 2.85. The maximum atomic E-state index is 11.0. The van der Waals surface area contributed by atoms with Gasteiger partial charge in [-0.2, -0.15) is 0 Å². The highest BCUT2D eigenvalue weighted by molar-refractivity contribution is 5.76. The number of nitrogens with one attached hydrogen (secondary N) is 1. The van der Waals surface area contributed by atoms with Crippen LogP contribution in [-0.4, -0.2) is 18.5 Å². The van der Waals surface area contributed by atoms with Gasteiger partial charge in [0.2, 0.25) is 5.91 Å². The van der Waals surface area contributed by atoms with Crippen LogP contribution in [0.25, 0.3) is 0 Å². The number of carbonyl (C=O) groups is 1. The molecule has 3 nitrogen and oxygen atoms in total. The fraction of sp³-hybridized carbons (Fsp3) is 0.875. The highest BCUT2D eigenvalue weighted by Gasteiger charge is 2.26. The second-order valence-electron chi connectivity index (χ2n) is 4.11. The first-order valence-corrected chi connectivity index (χ1v) is 4.02. The van der Waals surface area contributed by atoms with Crippen molar-refractivity contribution in [1.29, 1.82) is 0 Å². The summed E-state index contributed by atoms with van der Waals surface area (Å²) in [6.07, 6.45) is 1.40. The van der Waals surface area contributed by atoms with E-state index in [-0.39, 0.29) is 17.4 Å². The van der Waals surface area contributed by atoms with Crippen LogP contribution < -0.4 is 11.1 Å². The lowest BCUT2D eigenvalue weighted by Crippen LogP contribution is -2.30. The van der Waals surface area contributed by atoms with Crippen molar-refractivity contribution in [3.05, 3.63) is 0 Å². The van der Waals surface area contributed by atoms with E-state index in [0.29, 0.717) is 6.42 Å². The highest BCUT2D eigenvalue weighted by atomic mass is 16.1. The smallest absolute Gasteiger partial charge is 0.221 e. The predicted octanol–water partition coefficient (Wildman–Crippen LogP) is 0.250. The summed E-state index contributed by atoms with van der Waals surface area (Å²) in [5.41, 5.74) is 5.90. The van der Waals surface area contributed by atoms with E-state index in [4.69, 9.17) is 5.73 Å². The average Bonchev–Trinajstić information content (AvgIpc) is 1.90. The summed E-state index contributed by atoms with van der Waals surface area (Å²) in [6.45, 7) is 5.00. The van der Waals surface area contributed by atoms with Crippen LogP contribution in [0, 0.1) is 5.41 Å².